The Labute approximate surface area is 131 Å². The highest BCUT2D eigenvalue weighted by Gasteiger charge is 2.13. The largest absolute Gasteiger partial charge is 0.427 e. The molecule has 0 aromatic heterocycles. The van der Waals surface area contributed by atoms with Crippen LogP contribution in [0.1, 0.15) is 31.7 Å². The van der Waals surface area contributed by atoms with Crippen molar-refractivity contribution in [1.29, 1.82) is 0 Å². The average Bonchev–Trinajstić information content (AvgIpc) is 2.53. The van der Waals surface area contributed by atoms with Crippen LogP contribution in [0.15, 0.2) is 42.5 Å². The second kappa shape index (κ2) is 8.17. The normalized spacial score (nSPS) is 15.4. The number of esters is 1. The molecule has 0 bridgehead atoms. The maximum atomic E-state index is 11.9. The van der Waals surface area contributed by atoms with Crippen LogP contribution in [0.25, 0.3) is 6.08 Å². The molecule has 1 amide bonds. The van der Waals surface area contributed by atoms with Gasteiger partial charge >= 0.3 is 5.97 Å². The number of benzene rings is 1. The van der Waals surface area contributed by atoms with Crippen molar-refractivity contribution in [2.24, 2.45) is 0 Å². The zero-order valence-corrected chi connectivity index (χ0v) is 12.8. The van der Waals surface area contributed by atoms with E-state index in [-0.39, 0.29) is 11.9 Å². The Kier molecular flexibility index (Phi) is 5.95. The lowest BCUT2D eigenvalue weighted by atomic mass is 10.1. The van der Waals surface area contributed by atoms with Gasteiger partial charge in [0.05, 0.1) is 0 Å². The first-order valence-corrected chi connectivity index (χ1v) is 7.57. The van der Waals surface area contributed by atoms with Crippen molar-refractivity contribution < 1.29 is 14.3 Å². The van der Waals surface area contributed by atoms with E-state index in [0.29, 0.717) is 5.75 Å². The van der Waals surface area contributed by atoms with Gasteiger partial charge in [0.2, 0.25) is 5.91 Å². The Morgan fingerprint density at radius 2 is 1.73 bits per heavy atom. The minimum Gasteiger partial charge on any atom is -0.427 e. The molecule has 1 aliphatic rings. The number of carbonyl (C=O) groups excluding carboxylic acids is 2. The molecular formula is C18H21NO3. The number of ether oxygens (including phenoxy) is 1. The van der Waals surface area contributed by atoms with Gasteiger partial charge in [-0.1, -0.05) is 30.4 Å². The highest BCUT2D eigenvalue weighted by molar-refractivity contribution is 5.88. The SMILES string of the molecule is CC(=O)Oc1ccc(/C=C/C=C/C(=O)N2CCCCC2)cc1. The first-order chi connectivity index (χ1) is 10.6. The van der Waals surface area contributed by atoms with E-state index in [2.05, 4.69) is 0 Å². The van der Waals surface area contributed by atoms with Gasteiger partial charge in [-0.3, -0.25) is 9.59 Å². The summed E-state index contributed by atoms with van der Waals surface area (Å²) >= 11 is 0. The molecule has 0 saturated carbocycles. The van der Waals surface area contributed by atoms with E-state index in [1.54, 1.807) is 24.3 Å². The molecule has 0 spiro atoms. The molecule has 1 aliphatic heterocycles. The van der Waals surface area contributed by atoms with Crippen LogP contribution < -0.4 is 4.74 Å². The molecule has 0 unspecified atom stereocenters. The van der Waals surface area contributed by atoms with Crippen molar-refractivity contribution in [3.05, 3.63) is 48.1 Å². The monoisotopic (exact) mass is 299 g/mol. The van der Waals surface area contributed by atoms with Crippen LogP contribution in [-0.2, 0) is 9.59 Å². The van der Waals surface area contributed by atoms with Crippen molar-refractivity contribution in [3.8, 4) is 5.75 Å². The molecule has 4 heteroatoms. The first-order valence-electron chi connectivity index (χ1n) is 7.57. The zero-order valence-electron chi connectivity index (χ0n) is 12.8. The molecule has 116 valence electrons. The lowest BCUT2D eigenvalue weighted by Crippen LogP contribution is -2.34. The van der Waals surface area contributed by atoms with Gasteiger partial charge in [-0.15, -0.1) is 0 Å². The van der Waals surface area contributed by atoms with Crippen molar-refractivity contribution in [2.75, 3.05) is 13.1 Å². The van der Waals surface area contributed by atoms with Gasteiger partial charge in [0.25, 0.3) is 0 Å². The Hall–Kier alpha value is -2.36. The highest BCUT2D eigenvalue weighted by atomic mass is 16.5. The van der Waals surface area contributed by atoms with Gasteiger partial charge in [0, 0.05) is 26.1 Å². The molecule has 2 rings (SSSR count). The van der Waals surface area contributed by atoms with Gasteiger partial charge < -0.3 is 9.64 Å². The van der Waals surface area contributed by atoms with E-state index in [9.17, 15) is 9.59 Å². The van der Waals surface area contributed by atoms with Crippen LogP contribution in [0.5, 0.6) is 5.75 Å². The van der Waals surface area contributed by atoms with E-state index in [1.165, 1.54) is 13.3 Å². The van der Waals surface area contributed by atoms with Crippen LogP contribution >= 0.6 is 0 Å². The Morgan fingerprint density at radius 1 is 1.05 bits per heavy atom. The fraction of sp³-hybridized carbons (Fsp3) is 0.333. The van der Waals surface area contributed by atoms with Gasteiger partial charge in [0.15, 0.2) is 0 Å². The van der Waals surface area contributed by atoms with Gasteiger partial charge in [-0.25, -0.2) is 0 Å². The number of piperidine rings is 1. The summed E-state index contributed by atoms with van der Waals surface area (Å²) in [6, 6.07) is 7.19. The molecule has 1 fully saturated rings. The second-order valence-corrected chi connectivity index (χ2v) is 5.27. The molecule has 0 radical (unpaired) electrons. The number of nitrogens with zero attached hydrogens (tertiary/aromatic N) is 1. The summed E-state index contributed by atoms with van der Waals surface area (Å²) in [4.78, 5) is 24.6. The number of hydrogen-bond donors (Lipinski definition) is 0. The molecule has 0 aliphatic carbocycles. The van der Waals surface area contributed by atoms with Crippen LogP contribution in [0.4, 0.5) is 0 Å². The van der Waals surface area contributed by atoms with Crippen molar-refractivity contribution >= 4 is 18.0 Å². The fourth-order valence-corrected chi connectivity index (χ4v) is 2.34. The van der Waals surface area contributed by atoms with E-state index in [4.69, 9.17) is 4.74 Å². The summed E-state index contributed by atoms with van der Waals surface area (Å²) in [7, 11) is 0. The quantitative estimate of drug-likeness (QED) is 0.371. The van der Waals surface area contributed by atoms with Crippen LogP contribution in [0.3, 0.4) is 0 Å². The molecule has 1 aromatic rings. The molecule has 22 heavy (non-hydrogen) atoms. The summed E-state index contributed by atoms with van der Waals surface area (Å²) in [6.45, 7) is 3.10. The lowest BCUT2D eigenvalue weighted by molar-refractivity contribution is -0.132. The maximum Gasteiger partial charge on any atom is 0.308 e. The maximum absolute atomic E-state index is 11.9. The Bertz CT molecular complexity index is 566. The number of amides is 1. The minimum absolute atomic E-state index is 0.0783. The molecular weight excluding hydrogens is 278 g/mol. The minimum atomic E-state index is -0.331. The number of allylic oxidation sites excluding steroid dienone is 2. The third-order valence-electron chi connectivity index (χ3n) is 3.45. The van der Waals surface area contributed by atoms with Crippen LogP contribution in [-0.4, -0.2) is 29.9 Å². The summed E-state index contributed by atoms with van der Waals surface area (Å²) < 4.78 is 4.97. The third kappa shape index (κ3) is 5.20. The Balaban J connectivity index is 1.84. The molecule has 1 aromatic carbocycles. The predicted molar refractivity (Wildman–Crippen MR) is 86.4 cm³/mol. The Morgan fingerprint density at radius 3 is 2.36 bits per heavy atom. The molecule has 1 heterocycles. The molecule has 0 atom stereocenters. The first kappa shape index (κ1) is 16.0. The second-order valence-electron chi connectivity index (χ2n) is 5.27. The average molecular weight is 299 g/mol. The van der Waals surface area contributed by atoms with Crippen LogP contribution in [0, 0.1) is 0 Å². The van der Waals surface area contributed by atoms with Gasteiger partial charge in [-0.05, 0) is 37.0 Å². The van der Waals surface area contributed by atoms with Gasteiger partial charge in [-0.2, -0.15) is 0 Å². The molecule has 0 N–H and O–H groups in total. The van der Waals surface area contributed by atoms with E-state index in [0.717, 1.165) is 31.5 Å². The fourth-order valence-electron chi connectivity index (χ4n) is 2.34. The topological polar surface area (TPSA) is 46.6 Å². The van der Waals surface area contributed by atoms with Crippen LogP contribution in [0.2, 0.25) is 0 Å². The number of rotatable bonds is 4. The van der Waals surface area contributed by atoms with Crippen molar-refractivity contribution in [2.45, 2.75) is 26.2 Å². The summed E-state index contributed by atoms with van der Waals surface area (Å²) in [5.74, 6) is 0.275. The predicted octanol–water partition coefficient (Wildman–Crippen LogP) is 3.19. The smallest absolute Gasteiger partial charge is 0.308 e. The zero-order chi connectivity index (χ0) is 15.8. The summed E-state index contributed by atoms with van der Waals surface area (Å²) in [5, 5.41) is 0. The molecule has 4 nitrogen and oxygen atoms in total. The van der Waals surface area contributed by atoms with Gasteiger partial charge in [0.1, 0.15) is 5.75 Å². The number of carbonyl (C=O) groups is 2. The standard InChI is InChI=1S/C18H21NO3/c1-15(20)22-17-11-9-16(10-12-17)7-3-4-8-18(21)19-13-5-2-6-14-19/h3-4,7-12H,2,5-6,13-14H2,1H3/b7-3+,8-4+. The van der Waals surface area contributed by atoms with E-state index >= 15 is 0 Å². The molecule has 1 saturated heterocycles. The third-order valence-corrected chi connectivity index (χ3v) is 3.45. The van der Waals surface area contributed by atoms with E-state index < -0.39 is 0 Å². The highest BCUT2D eigenvalue weighted by Crippen LogP contribution is 2.13. The number of likely N-dealkylation sites (tertiary alicyclic amines) is 1. The number of hydrogen-bond acceptors (Lipinski definition) is 3. The van der Waals surface area contributed by atoms with E-state index in [1.807, 2.05) is 29.2 Å². The summed E-state index contributed by atoms with van der Waals surface area (Å²) in [6.07, 6.45) is 10.5. The summed E-state index contributed by atoms with van der Waals surface area (Å²) in [5.41, 5.74) is 0.978. The van der Waals surface area contributed by atoms with Crippen molar-refractivity contribution in [1.82, 2.24) is 4.90 Å². The van der Waals surface area contributed by atoms with Crippen molar-refractivity contribution in [3.63, 3.8) is 0 Å². The lowest BCUT2D eigenvalue weighted by Gasteiger charge is -2.25.